The maximum atomic E-state index is 9.19. The van der Waals surface area contributed by atoms with Gasteiger partial charge < -0.3 is 10.3 Å². The van der Waals surface area contributed by atoms with Crippen LogP contribution in [0.3, 0.4) is 0 Å². The van der Waals surface area contributed by atoms with Crippen LogP contribution in [0.25, 0.3) is 11.3 Å². The van der Waals surface area contributed by atoms with Gasteiger partial charge in [-0.05, 0) is 13.0 Å². The molecule has 2 N–H and O–H groups in total. The van der Waals surface area contributed by atoms with E-state index in [4.69, 9.17) is 5.73 Å². The van der Waals surface area contributed by atoms with Gasteiger partial charge in [0.1, 0.15) is 17.3 Å². The predicted molar refractivity (Wildman–Crippen MR) is 76.6 cm³/mol. The normalized spacial score (nSPS) is 10.7. The van der Waals surface area contributed by atoms with E-state index in [1.54, 1.807) is 6.07 Å². The lowest BCUT2D eigenvalue weighted by Gasteiger charge is -2.08. The van der Waals surface area contributed by atoms with Crippen LogP contribution in [0, 0.1) is 11.3 Å². The van der Waals surface area contributed by atoms with E-state index in [1.807, 2.05) is 29.7 Å². The summed E-state index contributed by atoms with van der Waals surface area (Å²) in [5.41, 5.74) is 8.31. The molecule has 1 heterocycles. The molecular weight excluding hydrogens is 236 g/mol. The van der Waals surface area contributed by atoms with Crippen LogP contribution in [0.15, 0.2) is 24.3 Å². The summed E-state index contributed by atoms with van der Waals surface area (Å²) in [5.74, 6) is 1.89. The molecule has 0 spiro atoms. The topological polar surface area (TPSA) is 67.6 Å². The lowest BCUT2D eigenvalue weighted by molar-refractivity contribution is 0.658. The van der Waals surface area contributed by atoms with Gasteiger partial charge in [-0.15, -0.1) is 0 Å². The fraction of sp³-hybridized carbons (Fsp3) is 0.333. The van der Waals surface area contributed by atoms with Crippen molar-refractivity contribution in [2.75, 3.05) is 5.73 Å². The molecule has 0 atom stereocenters. The van der Waals surface area contributed by atoms with Gasteiger partial charge >= 0.3 is 0 Å². The number of nitrogens with zero attached hydrogens (tertiary/aromatic N) is 3. The van der Waals surface area contributed by atoms with Crippen LogP contribution in [-0.2, 0) is 6.54 Å². The van der Waals surface area contributed by atoms with Gasteiger partial charge in [0.25, 0.3) is 0 Å². The first-order valence-corrected chi connectivity index (χ1v) is 6.45. The van der Waals surface area contributed by atoms with E-state index >= 15 is 0 Å². The van der Waals surface area contributed by atoms with E-state index in [2.05, 4.69) is 24.9 Å². The Bertz CT molecular complexity index is 632. The van der Waals surface area contributed by atoms with Gasteiger partial charge in [0.05, 0.1) is 11.6 Å². The molecule has 0 saturated heterocycles. The fourth-order valence-electron chi connectivity index (χ4n) is 2.24. The Hall–Kier alpha value is -2.28. The van der Waals surface area contributed by atoms with Crippen LogP contribution < -0.4 is 5.73 Å². The molecule has 19 heavy (non-hydrogen) atoms. The molecule has 0 amide bonds. The number of nitriles is 1. The van der Waals surface area contributed by atoms with Gasteiger partial charge in [0.2, 0.25) is 0 Å². The highest BCUT2D eigenvalue weighted by atomic mass is 15.1. The number of nitrogen functional groups attached to an aromatic ring is 1. The zero-order valence-corrected chi connectivity index (χ0v) is 11.5. The molecule has 1 aromatic carbocycles. The minimum absolute atomic E-state index is 0.297. The summed E-state index contributed by atoms with van der Waals surface area (Å²) in [7, 11) is 0. The zero-order chi connectivity index (χ0) is 14.0. The number of hydrogen-bond donors (Lipinski definition) is 1. The zero-order valence-electron chi connectivity index (χ0n) is 11.5. The van der Waals surface area contributed by atoms with Crippen molar-refractivity contribution in [1.29, 1.82) is 5.26 Å². The SMILES string of the molecule is CCn1c(C(C)C)nc(-c2ccccc2C#N)c1N. The van der Waals surface area contributed by atoms with Crippen LogP contribution in [-0.4, -0.2) is 9.55 Å². The van der Waals surface area contributed by atoms with Crippen LogP contribution in [0.5, 0.6) is 0 Å². The van der Waals surface area contributed by atoms with E-state index in [-0.39, 0.29) is 0 Å². The van der Waals surface area contributed by atoms with Crippen molar-refractivity contribution in [2.24, 2.45) is 0 Å². The summed E-state index contributed by atoms with van der Waals surface area (Å²) in [4.78, 5) is 4.65. The largest absolute Gasteiger partial charge is 0.383 e. The average molecular weight is 254 g/mol. The Balaban J connectivity index is 2.67. The van der Waals surface area contributed by atoms with E-state index in [0.717, 1.165) is 17.9 Å². The van der Waals surface area contributed by atoms with Gasteiger partial charge in [-0.2, -0.15) is 5.26 Å². The smallest absolute Gasteiger partial charge is 0.131 e. The molecule has 1 aromatic heterocycles. The lowest BCUT2D eigenvalue weighted by atomic mass is 10.1. The second-order valence-corrected chi connectivity index (χ2v) is 4.76. The quantitative estimate of drug-likeness (QED) is 0.914. The molecule has 98 valence electrons. The Kier molecular flexibility index (Phi) is 3.57. The van der Waals surface area contributed by atoms with Gasteiger partial charge in [-0.3, -0.25) is 0 Å². The highest BCUT2D eigenvalue weighted by Crippen LogP contribution is 2.31. The Morgan fingerprint density at radius 3 is 2.58 bits per heavy atom. The minimum atomic E-state index is 0.297. The molecule has 0 radical (unpaired) electrons. The maximum Gasteiger partial charge on any atom is 0.131 e. The second kappa shape index (κ2) is 5.15. The molecule has 4 heteroatoms. The first-order valence-electron chi connectivity index (χ1n) is 6.45. The van der Waals surface area contributed by atoms with Crippen LogP contribution in [0.4, 0.5) is 5.82 Å². The van der Waals surface area contributed by atoms with Crippen molar-refractivity contribution >= 4 is 5.82 Å². The number of hydrogen-bond acceptors (Lipinski definition) is 3. The summed E-state index contributed by atoms with van der Waals surface area (Å²) >= 11 is 0. The third kappa shape index (κ3) is 2.19. The number of imidazole rings is 1. The summed E-state index contributed by atoms with van der Waals surface area (Å²) in [6.45, 7) is 7.01. The van der Waals surface area contributed by atoms with Crippen molar-refractivity contribution < 1.29 is 0 Å². The molecule has 0 unspecified atom stereocenters. The third-order valence-electron chi connectivity index (χ3n) is 3.17. The standard InChI is InChI=1S/C15H18N4/c1-4-19-14(17)13(18-15(19)10(2)3)12-8-6-5-7-11(12)9-16/h5-8,10H,4,17H2,1-3H3. The number of aromatic nitrogens is 2. The first kappa shape index (κ1) is 13.2. The van der Waals surface area contributed by atoms with Gasteiger partial charge in [-0.1, -0.05) is 32.0 Å². The molecule has 2 aromatic rings. The lowest BCUT2D eigenvalue weighted by Crippen LogP contribution is -2.06. The Labute approximate surface area is 113 Å². The van der Waals surface area contributed by atoms with Gasteiger partial charge in [0, 0.05) is 18.0 Å². The van der Waals surface area contributed by atoms with E-state index in [9.17, 15) is 5.26 Å². The fourth-order valence-corrected chi connectivity index (χ4v) is 2.24. The number of anilines is 1. The highest BCUT2D eigenvalue weighted by molar-refractivity contribution is 5.76. The highest BCUT2D eigenvalue weighted by Gasteiger charge is 2.18. The Morgan fingerprint density at radius 2 is 2.05 bits per heavy atom. The van der Waals surface area contributed by atoms with Crippen molar-refractivity contribution in [3.05, 3.63) is 35.7 Å². The van der Waals surface area contributed by atoms with Gasteiger partial charge in [0.15, 0.2) is 0 Å². The number of rotatable bonds is 3. The summed E-state index contributed by atoms with van der Waals surface area (Å²) in [5, 5.41) is 9.19. The summed E-state index contributed by atoms with van der Waals surface area (Å²) in [6.07, 6.45) is 0. The van der Waals surface area contributed by atoms with Crippen molar-refractivity contribution in [3.63, 3.8) is 0 Å². The van der Waals surface area contributed by atoms with Crippen molar-refractivity contribution in [2.45, 2.75) is 33.2 Å². The van der Waals surface area contributed by atoms with Crippen LogP contribution >= 0.6 is 0 Å². The van der Waals surface area contributed by atoms with Crippen molar-refractivity contribution in [3.8, 4) is 17.3 Å². The molecule has 0 aliphatic rings. The molecule has 0 fully saturated rings. The predicted octanol–water partition coefficient (Wildman–Crippen LogP) is 3.15. The Morgan fingerprint density at radius 1 is 1.37 bits per heavy atom. The molecule has 0 bridgehead atoms. The van der Waals surface area contributed by atoms with Crippen LogP contribution in [0.2, 0.25) is 0 Å². The maximum absolute atomic E-state index is 9.19. The average Bonchev–Trinajstić information content (AvgIpc) is 2.75. The van der Waals surface area contributed by atoms with Gasteiger partial charge in [-0.25, -0.2) is 4.98 Å². The van der Waals surface area contributed by atoms with E-state index < -0.39 is 0 Å². The third-order valence-corrected chi connectivity index (χ3v) is 3.17. The molecule has 0 aliphatic heterocycles. The monoisotopic (exact) mass is 254 g/mol. The second-order valence-electron chi connectivity index (χ2n) is 4.76. The first-order chi connectivity index (χ1) is 9.10. The molecular formula is C15H18N4. The van der Waals surface area contributed by atoms with Crippen molar-refractivity contribution in [1.82, 2.24) is 9.55 Å². The van der Waals surface area contributed by atoms with E-state index in [1.165, 1.54) is 0 Å². The number of benzene rings is 1. The molecule has 4 nitrogen and oxygen atoms in total. The van der Waals surface area contributed by atoms with E-state index in [0.29, 0.717) is 23.0 Å². The number of nitrogens with two attached hydrogens (primary N) is 1. The molecule has 0 saturated carbocycles. The minimum Gasteiger partial charge on any atom is -0.383 e. The summed E-state index contributed by atoms with van der Waals surface area (Å²) in [6, 6.07) is 9.61. The molecule has 0 aliphatic carbocycles. The summed E-state index contributed by atoms with van der Waals surface area (Å²) < 4.78 is 2.01. The molecule has 2 rings (SSSR count). The van der Waals surface area contributed by atoms with Crippen LogP contribution in [0.1, 0.15) is 38.1 Å².